The number of benzene rings is 1. The van der Waals surface area contributed by atoms with Crippen LogP contribution < -0.4 is 5.32 Å². The van der Waals surface area contributed by atoms with Crippen LogP contribution in [0.15, 0.2) is 36.4 Å². The van der Waals surface area contributed by atoms with Crippen molar-refractivity contribution < 1.29 is 9.18 Å². The van der Waals surface area contributed by atoms with E-state index in [0.29, 0.717) is 29.1 Å². The minimum Gasteiger partial charge on any atom is -0.351 e. The average Bonchev–Trinajstić information content (AvgIpc) is 3.03. The number of amides is 1. The number of halogens is 1. The number of nitrogens with one attached hydrogen (secondary N) is 1. The summed E-state index contributed by atoms with van der Waals surface area (Å²) >= 11 is 0. The predicted molar refractivity (Wildman–Crippen MR) is 99.7 cm³/mol. The van der Waals surface area contributed by atoms with Crippen molar-refractivity contribution in [3.05, 3.63) is 53.6 Å². The van der Waals surface area contributed by atoms with Crippen LogP contribution in [0.4, 0.5) is 4.39 Å². The van der Waals surface area contributed by atoms with Gasteiger partial charge in [-0.1, -0.05) is 39.8 Å². The van der Waals surface area contributed by atoms with Crippen molar-refractivity contribution in [1.82, 2.24) is 19.9 Å². The van der Waals surface area contributed by atoms with E-state index in [-0.39, 0.29) is 17.1 Å². The van der Waals surface area contributed by atoms with Gasteiger partial charge in [-0.25, -0.2) is 13.9 Å². The fraction of sp³-hybridized carbons (Fsp3) is 0.350. The van der Waals surface area contributed by atoms with Gasteiger partial charge in [-0.3, -0.25) is 4.79 Å². The molecule has 1 aromatic carbocycles. The first kappa shape index (κ1) is 18.0. The highest BCUT2D eigenvalue weighted by Gasteiger charge is 2.21. The van der Waals surface area contributed by atoms with Gasteiger partial charge in [0, 0.05) is 23.6 Å². The molecule has 3 aromatic rings. The molecule has 6 heteroatoms. The van der Waals surface area contributed by atoms with Gasteiger partial charge in [0.2, 0.25) is 0 Å². The lowest BCUT2D eigenvalue weighted by Crippen LogP contribution is -2.25. The van der Waals surface area contributed by atoms with Gasteiger partial charge in [-0.15, -0.1) is 0 Å². The lowest BCUT2D eigenvalue weighted by atomic mass is 9.93. The number of carbonyl (C=O) groups excluding carboxylic acids is 1. The van der Waals surface area contributed by atoms with E-state index >= 15 is 0 Å². The third-order valence-electron chi connectivity index (χ3n) is 4.08. The fourth-order valence-electron chi connectivity index (χ4n) is 2.64. The third-order valence-corrected chi connectivity index (χ3v) is 4.08. The number of nitrogens with zero attached hydrogens (tertiary/aromatic N) is 3. The Morgan fingerprint density at radius 3 is 2.65 bits per heavy atom. The molecule has 26 heavy (non-hydrogen) atoms. The van der Waals surface area contributed by atoms with Crippen LogP contribution in [0.3, 0.4) is 0 Å². The Bertz CT molecular complexity index is 956. The third kappa shape index (κ3) is 3.59. The Labute approximate surface area is 152 Å². The first-order valence-corrected chi connectivity index (χ1v) is 8.75. The van der Waals surface area contributed by atoms with Crippen LogP contribution in [-0.2, 0) is 5.41 Å². The summed E-state index contributed by atoms with van der Waals surface area (Å²) in [6, 6.07) is 9.79. The normalized spacial score (nSPS) is 11.7. The zero-order valence-electron chi connectivity index (χ0n) is 15.5. The number of fused-ring (bicyclic) bond motifs is 1. The van der Waals surface area contributed by atoms with Crippen molar-refractivity contribution in [1.29, 1.82) is 0 Å². The Morgan fingerprint density at radius 1 is 1.23 bits per heavy atom. The summed E-state index contributed by atoms with van der Waals surface area (Å²) in [5, 5.41) is 7.49. The zero-order valence-corrected chi connectivity index (χ0v) is 15.5. The second-order valence-corrected chi connectivity index (χ2v) is 7.34. The monoisotopic (exact) mass is 354 g/mol. The van der Waals surface area contributed by atoms with Crippen LogP contribution in [0.25, 0.3) is 16.9 Å². The average molecular weight is 354 g/mol. The molecule has 0 aliphatic rings. The molecule has 1 N–H and O–H groups in total. The van der Waals surface area contributed by atoms with Crippen molar-refractivity contribution in [3.8, 4) is 11.3 Å². The summed E-state index contributed by atoms with van der Waals surface area (Å²) < 4.78 is 15.4. The van der Waals surface area contributed by atoms with Crippen molar-refractivity contribution in [2.45, 2.75) is 39.5 Å². The minimum atomic E-state index is -0.340. The topological polar surface area (TPSA) is 59.3 Å². The summed E-state index contributed by atoms with van der Waals surface area (Å²) in [5.41, 5.74) is 2.83. The van der Waals surface area contributed by atoms with Crippen LogP contribution in [0.5, 0.6) is 0 Å². The van der Waals surface area contributed by atoms with Gasteiger partial charge < -0.3 is 5.32 Å². The van der Waals surface area contributed by atoms with Crippen LogP contribution in [-0.4, -0.2) is 27.0 Å². The lowest BCUT2D eigenvalue weighted by molar-refractivity contribution is 0.0949. The summed E-state index contributed by atoms with van der Waals surface area (Å²) in [5.74, 6) is -0.585. The summed E-state index contributed by atoms with van der Waals surface area (Å²) in [6.45, 7) is 8.75. The van der Waals surface area contributed by atoms with Gasteiger partial charge in [0.1, 0.15) is 11.5 Å². The summed E-state index contributed by atoms with van der Waals surface area (Å²) in [4.78, 5) is 16.9. The van der Waals surface area contributed by atoms with E-state index in [1.807, 2.05) is 13.0 Å². The first-order chi connectivity index (χ1) is 12.3. The van der Waals surface area contributed by atoms with E-state index in [1.165, 1.54) is 12.1 Å². The number of hydrogen-bond donors (Lipinski definition) is 1. The van der Waals surface area contributed by atoms with E-state index in [9.17, 15) is 9.18 Å². The van der Waals surface area contributed by atoms with E-state index in [1.54, 1.807) is 22.7 Å². The van der Waals surface area contributed by atoms with E-state index in [0.717, 1.165) is 12.1 Å². The second-order valence-electron chi connectivity index (χ2n) is 7.34. The molecule has 0 fully saturated rings. The zero-order chi connectivity index (χ0) is 18.9. The molecule has 0 bridgehead atoms. The molecule has 5 nitrogen and oxygen atoms in total. The number of hydrogen-bond acceptors (Lipinski definition) is 3. The molecule has 0 aliphatic heterocycles. The standard InChI is InChI=1S/C20H23FN4O/c1-5-9-22-19(26)15-11-16(13-7-6-8-14(21)10-13)25-18(23-15)12-17(24-25)20(2,3)4/h6-8,10-12H,5,9H2,1-4H3,(H,22,26). The van der Waals surface area contributed by atoms with Gasteiger partial charge in [0.05, 0.1) is 11.4 Å². The predicted octanol–water partition coefficient (Wildman–Crippen LogP) is 3.97. The van der Waals surface area contributed by atoms with E-state index in [2.05, 4.69) is 36.2 Å². The Kier molecular flexibility index (Phi) is 4.76. The molecule has 0 spiro atoms. The quantitative estimate of drug-likeness (QED) is 0.771. The lowest BCUT2D eigenvalue weighted by Gasteiger charge is -2.13. The maximum atomic E-state index is 13.7. The molecule has 1 amide bonds. The SMILES string of the molecule is CCCNC(=O)c1cc(-c2cccc(F)c2)n2nc(C(C)(C)C)cc2n1. The van der Waals surface area contributed by atoms with Gasteiger partial charge in [0.15, 0.2) is 5.65 Å². The highest BCUT2D eigenvalue weighted by Crippen LogP contribution is 2.26. The highest BCUT2D eigenvalue weighted by molar-refractivity contribution is 5.93. The molecule has 3 rings (SSSR count). The molecule has 2 aromatic heterocycles. The Morgan fingerprint density at radius 2 is 2.00 bits per heavy atom. The molecule has 136 valence electrons. The van der Waals surface area contributed by atoms with Crippen molar-refractivity contribution in [3.63, 3.8) is 0 Å². The molecular formula is C20H23FN4O. The van der Waals surface area contributed by atoms with Crippen LogP contribution in [0.2, 0.25) is 0 Å². The molecule has 0 radical (unpaired) electrons. The van der Waals surface area contributed by atoms with Gasteiger partial charge in [0.25, 0.3) is 5.91 Å². The Hall–Kier alpha value is -2.76. The first-order valence-electron chi connectivity index (χ1n) is 8.75. The van der Waals surface area contributed by atoms with Crippen molar-refractivity contribution >= 4 is 11.6 Å². The summed E-state index contributed by atoms with van der Waals surface area (Å²) in [6.07, 6.45) is 0.839. The van der Waals surface area contributed by atoms with Crippen LogP contribution >= 0.6 is 0 Å². The molecule has 0 unspecified atom stereocenters. The fourth-order valence-corrected chi connectivity index (χ4v) is 2.64. The number of carbonyl (C=O) groups is 1. The molecule has 2 heterocycles. The smallest absolute Gasteiger partial charge is 0.270 e. The Balaban J connectivity index is 2.21. The second kappa shape index (κ2) is 6.86. The maximum Gasteiger partial charge on any atom is 0.270 e. The summed E-state index contributed by atoms with van der Waals surface area (Å²) in [7, 11) is 0. The van der Waals surface area contributed by atoms with Gasteiger partial charge in [-0.05, 0) is 24.6 Å². The van der Waals surface area contributed by atoms with Gasteiger partial charge >= 0.3 is 0 Å². The highest BCUT2D eigenvalue weighted by atomic mass is 19.1. The largest absolute Gasteiger partial charge is 0.351 e. The molecular weight excluding hydrogens is 331 g/mol. The maximum absolute atomic E-state index is 13.7. The van der Waals surface area contributed by atoms with Crippen LogP contribution in [0, 0.1) is 5.82 Å². The molecule has 0 atom stereocenters. The molecule has 0 saturated heterocycles. The molecule has 0 aliphatic carbocycles. The van der Waals surface area contributed by atoms with Gasteiger partial charge in [-0.2, -0.15) is 5.10 Å². The minimum absolute atomic E-state index is 0.169. The van der Waals surface area contributed by atoms with Crippen molar-refractivity contribution in [2.24, 2.45) is 0 Å². The van der Waals surface area contributed by atoms with Crippen molar-refractivity contribution in [2.75, 3.05) is 6.54 Å². The van der Waals surface area contributed by atoms with E-state index in [4.69, 9.17) is 0 Å². The number of rotatable bonds is 4. The molecule has 0 saturated carbocycles. The van der Waals surface area contributed by atoms with Crippen LogP contribution in [0.1, 0.15) is 50.3 Å². The van der Waals surface area contributed by atoms with E-state index < -0.39 is 0 Å². The number of aromatic nitrogens is 3.